The number of rotatable bonds is 4. The van der Waals surface area contributed by atoms with E-state index in [2.05, 4.69) is 13.8 Å². The van der Waals surface area contributed by atoms with Crippen molar-refractivity contribution < 1.29 is 0 Å². The van der Waals surface area contributed by atoms with Crippen molar-refractivity contribution in [1.29, 1.82) is 0 Å². The van der Waals surface area contributed by atoms with E-state index in [1.165, 1.54) is 0 Å². The van der Waals surface area contributed by atoms with Crippen LogP contribution < -0.4 is 0 Å². The lowest BCUT2D eigenvalue weighted by Gasteiger charge is -2.13. The van der Waals surface area contributed by atoms with Crippen LogP contribution in [0.5, 0.6) is 0 Å². The molecule has 0 bridgehead atoms. The summed E-state index contributed by atoms with van der Waals surface area (Å²) in [6.07, 6.45) is 2.05. The molecule has 1 aromatic rings. The summed E-state index contributed by atoms with van der Waals surface area (Å²) in [5.41, 5.74) is 0.975. The molecule has 15 heavy (non-hydrogen) atoms. The largest absolute Gasteiger partial charge is 0.118 e. The molecular weight excluding hydrogens is 250 g/mol. The highest BCUT2D eigenvalue weighted by Gasteiger charge is 2.12. The summed E-state index contributed by atoms with van der Waals surface area (Å²) in [5.74, 6) is 0.664. The van der Waals surface area contributed by atoms with E-state index in [0.29, 0.717) is 16.0 Å². The van der Waals surface area contributed by atoms with Gasteiger partial charge in [-0.3, -0.25) is 0 Å². The third-order valence-corrected chi connectivity index (χ3v) is 3.31. The summed E-state index contributed by atoms with van der Waals surface area (Å²) in [4.78, 5) is 0. The van der Waals surface area contributed by atoms with Gasteiger partial charge in [0.1, 0.15) is 0 Å². The number of hydrogen-bond donors (Lipinski definition) is 0. The van der Waals surface area contributed by atoms with Crippen LogP contribution in [-0.4, -0.2) is 0 Å². The van der Waals surface area contributed by atoms with Gasteiger partial charge in [-0.05, 0) is 36.5 Å². The maximum Gasteiger partial charge on any atom is 0.0600 e. The van der Waals surface area contributed by atoms with Gasteiger partial charge >= 0.3 is 0 Å². The molecule has 1 rings (SSSR count). The summed E-state index contributed by atoms with van der Waals surface area (Å²) in [7, 11) is 0. The van der Waals surface area contributed by atoms with Crippen molar-refractivity contribution in [3.05, 3.63) is 33.8 Å². The summed E-state index contributed by atoms with van der Waals surface area (Å²) in [6, 6.07) is 5.47. The van der Waals surface area contributed by atoms with Gasteiger partial charge in [0, 0.05) is 10.0 Å². The second-order valence-corrected chi connectivity index (χ2v) is 5.48. The van der Waals surface area contributed by atoms with Gasteiger partial charge in [0.2, 0.25) is 0 Å². The normalized spacial score (nSPS) is 13.2. The third-order valence-electron chi connectivity index (χ3n) is 2.30. The summed E-state index contributed by atoms with van der Waals surface area (Å²) >= 11 is 18.2. The molecule has 1 atom stereocenters. The van der Waals surface area contributed by atoms with Gasteiger partial charge in [-0.1, -0.05) is 43.1 Å². The maximum atomic E-state index is 6.28. The van der Waals surface area contributed by atoms with E-state index in [1.807, 2.05) is 12.1 Å². The van der Waals surface area contributed by atoms with Crippen molar-refractivity contribution in [2.75, 3.05) is 0 Å². The maximum absolute atomic E-state index is 6.28. The Balaban J connectivity index is 2.69. The number of alkyl halides is 1. The van der Waals surface area contributed by atoms with Crippen LogP contribution in [0, 0.1) is 5.92 Å². The van der Waals surface area contributed by atoms with Crippen molar-refractivity contribution in [2.24, 2.45) is 5.92 Å². The van der Waals surface area contributed by atoms with E-state index >= 15 is 0 Å². The highest BCUT2D eigenvalue weighted by atomic mass is 35.5. The molecule has 0 aromatic heterocycles. The second-order valence-electron chi connectivity index (χ2n) is 4.10. The van der Waals surface area contributed by atoms with Crippen LogP contribution in [0.2, 0.25) is 10.0 Å². The van der Waals surface area contributed by atoms with E-state index in [1.54, 1.807) is 6.07 Å². The van der Waals surface area contributed by atoms with E-state index in [4.69, 9.17) is 34.8 Å². The lowest BCUT2D eigenvalue weighted by Crippen LogP contribution is -1.95. The molecule has 1 unspecified atom stereocenters. The lowest BCUT2D eigenvalue weighted by molar-refractivity contribution is 0.549. The Morgan fingerprint density at radius 2 is 1.80 bits per heavy atom. The zero-order valence-electron chi connectivity index (χ0n) is 8.93. The predicted octanol–water partition coefficient (Wildman–Crippen LogP) is 5.71. The van der Waals surface area contributed by atoms with Gasteiger partial charge in [0.05, 0.1) is 5.38 Å². The van der Waals surface area contributed by atoms with Crippen LogP contribution >= 0.6 is 34.8 Å². The van der Waals surface area contributed by atoms with Crippen LogP contribution in [0.4, 0.5) is 0 Å². The highest BCUT2D eigenvalue weighted by Crippen LogP contribution is 2.33. The zero-order chi connectivity index (χ0) is 11.4. The van der Waals surface area contributed by atoms with Crippen LogP contribution in [0.3, 0.4) is 0 Å². The van der Waals surface area contributed by atoms with Crippen LogP contribution in [-0.2, 0) is 0 Å². The van der Waals surface area contributed by atoms with Gasteiger partial charge in [0.25, 0.3) is 0 Å². The topological polar surface area (TPSA) is 0 Å². The molecule has 1 aromatic carbocycles. The average Bonchev–Trinajstić information content (AvgIpc) is 2.14. The second kappa shape index (κ2) is 5.98. The zero-order valence-corrected chi connectivity index (χ0v) is 11.2. The Morgan fingerprint density at radius 3 is 2.33 bits per heavy atom. The first-order chi connectivity index (χ1) is 7.00. The van der Waals surface area contributed by atoms with Crippen molar-refractivity contribution in [3.8, 4) is 0 Å². The molecule has 0 fully saturated rings. The Bertz CT molecular complexity index is 321. The minimum atomic E-state index is -0.0165. The fraction of sp³-hybridized carbons (Fsp3) is 0.500. The quantitative estimate of drug-likeness (QED) is 0.612. The molecule has 84 valence electrons. The number of halogens is 3. The number of benzene rings is 1. The minimum absolute atomic E-state index is 0.0165. The molecule has 0 aliphatic carbocycles. The molecule has 0 amide bonds. The van der Waals surface area contributed by atoms with Crippen LogP contribution in [0.1, 0.15) is 37.6 Å². The van der Waals surface area contributed by atoms with Gasteiger partial charge in [0.15, 0.2) is 0 Å². The standard InChI is InChI=1S/C12H15Cl3/c1-8(2)3-6-11(14)10-5-4-9(13)7-12(10)15/h4-5,7-8,11H,3,6H2,1-2H3. The van der Waals surface area contributed by atoms with Crippen molar-refractivity contribution in [2.45, 2.75) is 32.1 Å². The van der Waals surface area contributed by atoms with Gasteiger partial charge in [-0.25, -0.2) is 0 Å². The smallest absolute Gasteiger partial charge is 0.0600 e. The first-order valence-electron chi connectivity index (χ1n) is 5.09. The fourth-order valence-electron chi connectivity index (χ4n) is 1.39. The SMILES string of the molecule is CC(C)CCC(Cl)c1ccc(Cl)cc1Cl. The molecule has 0 spiro atoms. The fourth-order valence-corrected chi connectivity index (χ4v) is 2.30. The number of hydrogen-bond acceptors (Lipinski definition) is 0. The van der Waals surface area contributed by atoms with Crippen LogP contribution in [0.25, 0.3) is 0 Å². The van der Waals surface area contributed by atoms with E-state index < -0.39 is 0 Å². The first-order valence-corrected chi connectivity index (χ1v) is 6.29. The van der Waals surface area contributed by atoms with Gasteiger partial charge in [-0.15, -0.1) is 11.6 Å². The molecule has 0 aliphatic rings. The molecule has 0 radical (unpaired) electrons. The Morgan fingerprint density at radius 1 is 1.13 bits per heavy atom. The van der Waals surface area contributed by atoms with Crippen molar-refractivity contribution >= 4 is 34.8 Å². The van der Waals surface area contributed by atoms with Crippen LogP contribution in [0.15, 0.2) is 18.2 Å². The Hall–Kier alpha value is 0.0900. The van der Waals surface area contributed by atoms with Gasteiger partial charge < -0.3 is 0 Å². The van der Waals surface area contributed by atoms with Gasteiger partial charge in [-0.2, -0.15) is 0 Å². The molecular formula is C12H15Cl3. The summed E-state index contributed by atoms with van der Waals surface area (Å²) in [6.45, 7) is 4.38. The Labute approximate surface area is 107 Å². The van der Waals surface area contributed by atoms with E-state index in [9.17, 15) is 0 Å². The average molecular weight is 266 g/mol. The molecule has 0 heterocycles. The van der Waals surface area contributed by atoms with E-state index in [-0.39, 0.29) is 5.38 Å². The predicted molar refractivity (Wildman–Crippen MR) is 69.1 cm³/mol. The highest BCUT2D eigenvalue weighted by molar-refractivity contribution is 6.35. The molecule has 0 nitrogen and oxygen atoms in total. The minimum Gasteiger partial charge on any atom is -0.118 e. The Kier molecular flexibility index (Phi) is 5.25. The molecule has 0 saturated heterocycles. The third kappa shape index (κ3) is 4.22. The summed E-state index contributed by atoms with van der Waals surface area (Å²) < 4.78 is 0. The first kappa shape index (κ1) is 13.2. The summed E-state index contributed by atoms with van der Waals surface area (Å²) in [5, 5.41) is 1.29. The van der Waals surface area contributed by atoms with Crippen molar-refractivity contribution in [3.63, 3.8) is 0 Å². The molecule has 3 heteroatoms. The molecule has 0 saturated carbocycles. The van der Waals surface area contributed by atoms with Crippen molar-refractivity contribution in [1.82, 2.24) is 0 Å². The lowest BCUT2D eigenvalue weighted by atomic mass is 10.0. The monoisotopic (exact) mass is 264 g/mol. The molecule has 0 N–H and O–H groups in total. The molecule has 0 aliphatic heterocycles. The van der Waals surface area contributed by atoms with E-state index in [0.717, 1.165) is 18.4 Å².